The Kier molecular flexibility index (Phi) is 6.55. The highest BCUT2D eigenvalue weighted by atomic mass is 15.1. The van der Waals surface area contributed by atoms with Crippen LogP contribution in [-0.4, -0.2) is 0 Å². The molecule has 0 bridgehead atoms. The number of nitrogens with zero attached hydrogens (tertiary/aromatic N) is 1. The lowest BCUT2D eigenvalue weighted by Gasteiger charge is -2.37. The number of rotatable bonds is 5. The first-order valence-electron chi connectivity index (χ1n) is 16.8. The van der Waals surface area contributed by atoms with Crippen molar-refractivity contribution < 1.29 is 0 Å². The Morgan fingerprint density at radius 2 is 0.958 bits per heavy atom. The second-order valence-electron chi connectivity index (χ2n) is 13.4. The predicted octanol–water partition coefficient (Wildman–Crippen LogP) is 13.1. The molecule has 0 saturated heterocycles. The van der Waals surface area contributed by atoms with Crippen LogP contribution in [0.2, 0.25) is 0 Å². The Hall–Kier alpha value is -5.92. The Labute approximate surface area is 282 Å². The zero-order chi connectivity index (χ0) is 32.2. The maximum atomic E-state index is 2.44. The van der Waals surface area contributed by atoms with Crippen LogP contribution in [-0.2, 0) is 5.41 Å². The molecule has 9 rings (SSSR count). The normalized spacial score (nSPS) is 13.0. The van der Waals surface area contributed by atoms with Crippen LogP contribution in [0.25, 0.3) is 54.9 Å². The zero-order valence-electron chi connectivity index (χ0n) is 27.2. The third-order valence-electron chi connectivity index (χ3n) is 10.2. The first-order chi connectivity index (χ1) is 23.6. The molecule has 0 fully saturated rings. The van der Waals surface area contributed by atoms with E-state index in [1.807, 2.05) is 0 Å². The van der Waals surface area contributed by atoms with E-state index in [1.54, 1.807) is 0 Å². The molecule has 1 heteroatoms. The van der Waals surface area contributed by atoms with Crippen molar-refractivity contribution >= 4 is 38.6 Å². The molecule has 0 radical (unpaired) electrons. The van der Waals surface area contributed by atoms with E-state index < -0.39 is 0 Å². The molecular formula is C47H35N. The summed E-state index contributed by atoms with van der Waals surface area (Å²) in [5.74, 6) is 0. The Balaban J connectivity index is 1.29. The van der Waals surface area contributed by atoms with E-state index in [0.29, 0.717) is 0 Å². The van der Waals surface area contributed by atoms with Gasteiger partial charge in [-0.3, -0.25) is 0 Å². The molecule has 0 aliphatic heterocycles. The van der Waals surface area contributed by atoms with Crippen LogP contribution in [0, 0.1) is 0 Å². The number of fused-ring (bicyclic) bond motifs is 3. The molecular weight excluding hydrogens is 579 g/mol. The average molecular weight is 614 g/mol. The topological polar surface area (TPSA) is 3.24 Å². The smallest absolute Gasteiger partial charge is 0.0468 e. The van der Waals surface area contributed by atoms with Crippen molar-refractivity contribution in [2.45, 2.75) is 19.3 Å². The van der Waals surface area contributed by atoms with Gasteiger partial charge in [-0.25, -0.2) is 0 Å². The summed E-state index contributed by atoms with van der Waals surface area (Å²) in [6.07, 6.45) is 0. The third-order valence-corrected chi connectivity index (χ3v) is 10.2. The van der Waals surface area contributed by atoms with Crippen LogP contribution in [0.3, 0.4) is 0 Å². The second kappa shape index (κ2) is 11.1. The summed E-state index contributed by atoms with van der Waals surface area (Å²) in [6, 6.07) is 64.4. The average Bonchev–Trinajstić information content (AvgIpc) is 3.14. The maximum Gasteiger partial charge on any atom is 0.0468 e. The van der Waals surface area contributed by atoms with Crippen molar-refractivity contribution in [3.63, 3.8) is 0 Å². The van der Waals surface area contributed by atoms with E-state index in [-0.39, 0.29) is 5.41 Å². The van der Waals surface area contributed by atoms with Crippen molar-refractivity contribution in [1.82, 2.24) is 0 Å². The fraction of sp³-hybridized carbons (Fsp3) is 0.0638. The van der Waals surface area contributed by atoms with Gasteiger partial charge in [-0.1, -0.05) is 153 Å². The van der Waals surface area contributed by atoms with E-state index in [0.717, 1.165) is 17.1 Å². The molecule has 1 aliphatic rings. The molecule has 0 N–H and O–H groups in total. The number of hydrogen-bond donors (Lipinski definition) is 0. The Morgan fingerprint density at radius 3 is 1.73 bits per heavy atom. The summed E-state index contributed by atoms with van der Waals surface area (Å²) in [5.41, 5.74) is 13.6. The number of hydrogen-bond acceptors (Lipinski definition) is 1. The van der Waals surface area contributed by atoms with Gasteiger partial charge in [0.1, 0.15) is 0 Å². The lowest BCUT2D eigenvalue weighted by Crippen LogP contribution is -2.24. The first-order valence-corrected chi connectivity index (χ1v) is 16.8. The molecule has 8 aromatic carbocycles. The number of anilines is 3. The van der Waals surface area contributed by atoms with Crippen molar-refractivity contribution in [2.24, 2.45) is 0 Å². The van der Waals surface area contributed by atoms with Gasteiger partial charge in [-0.2, -0.15) is 0 Å². The first kappa shape index (κ1) is 28.3. The van der Waals surface area contributed by atoms with Crippen LogP contribution >= 0.6 is 0 Å². The SMILES string of the molecule is CC1(C)c2ccc(N(c3ccc(-c4ccccc4)cc3)c3ccc4ccccc4c3)cc2-c2c(-c3ccccc3)ccc3cccc1c23. The van der Waals surface area contributed by atoms with Gasteiger partial charge in [0.25, 0.3) is 0 Å². The van der Waals surface area contributed by atoms with Crippen molar-refractivity contribution in [2.75, 3.05) is 4.90 Å². The lowest BCUT2D eigenvalue weighted by molar-refractivity contribution is 0.645. The van der Waals surface area contributed by atoms with E-state index >= 15 is 0 Å². The lowest BCUT2D eigenvalue weighted by atomic mass is 9.67. The zero-order valence-corrected chi connectivity index (χ0v) is 27.2. The van der Waals surface area contributed by atoms with Gasteiger partial charge in [-0.15, -0.1) is 0 Å². The monoisotopic (exact) mass is 613 g/mol. The van der Waals surface area contributed by atoms with Gasteiger partial charge in [0.15, 0.2) is 0 Å². The van der Waals surface area contributed by atoms with Crippen LogP contribution in [0.5, 0.6) is 0 Å². The van der Waals surface area contributed by atoms with Crippen LogP contribution < -0.4 is 4.90 Å². The van der Waals surface area contributed by atoms with E-state index in [9.17, 15) is 0 Å². The fourth-order valence-corrected chi connectivity index (χ4v) is 7.80. The highest BCUT2D eigenvalue weighted by Gasteiger charge is 2.35. The molecule has 8 aromatic rings. The molecule has 0 amide bonds. The van der Waals surface area contributed by atoms with Gasteiger partial charge < -0.3 is 4.90 Å². The molecule has 1 aliphatic carbocycles. The fourth-order valence-electron chi connectivity index (χ4n) is 7.80. The van der Waals surface area contributed by atoms with Gasteiger partial charge in [-0.05, 0) is 102 Å². The molecule has 0 unspecified atom stereocenters. The summed E-state index contributed by atoms with van der Waals surface area (Å²) < 4.78 is 0. The predicted molar refractivity (Wildman–Crippen MR) is 205 cm³/mol. The molecule has 0 heterocycles. The summed E-state index contributed by atoms with van der Waals surface area (Å²) in [4.78, 5) is 2.41. The van der Waals surface area contributed by atoms with Crippen molar-refractivity contribution in [1.29, 1.82) is 0 Å². The standard InChI is InChI=1S/C47H35N/c1-47(2)43-29-27-40(31-42(43)46-41(35-15-7-4-8-16-35)28-23-36-18-11-19-44(47)45(36)46)48(39-26-22-33-14-9-10-17-37(33)30-39)38-24-20-34(21-25-38)32-12-5-3-6-13-32/h3-31H,1-2H3. The highest BCUT2D eigenvalue weighted by molar-refractivity contribution is 6.09. The minimum absolute atomic E-state index is 0.152. The number of benzene rings is 8. The van der Waals surface area contributed by atoms with E-state index in [2.05, 4.69) is 195 Å². The van der Waals surface area contributed by atoms with Crippen LogP contribution in [0.1, 0.15) is 25.0 Å². The van der Waals surface area contributed by atoms with E-state index in [1.165, 1.54) is 66.1 Å². The van der Waals surface area contributed by atoms with Gasteiger partial charge in [0.05, 0.1) is 0 Å². The second-order valence-corrected chi connectivity index (χ2v) is 13.4. The van der Waals surface area contributed by atoms with Gasteiger partial charge in [0, 0.05) is 22.5 Å². The summed E-state index contributed by atoms with van der Waals surface area (Å²) in [5, 5.41) is 5.11. The summed E-state index contributed by atoms with van der Waals surface area (Å²) >= 11 is 0. The summed E-state index contributed by atoms with van der Waals surface area (Å²) in [6.45, 7) is 4.75. The molecule has 0 aromatic heterocycles. The maximum absolute atomic E-state index is 2.44. The van der Waals surface area contributed by atoms with Gasteiger partial charge in [0.2, 0.25) is 0 Å². The van der Waals surface area contributed by atoms with Gasteiger partial charge >= 0.3 is 0 Å². The molecule has 1 nitrogen and oxygen atoms in total. The molecule has 0 atom stereocenters. The van der Waals surface area contributed by atoms with Crippen molar-refractivity contribution in [3.8, 4) is 33.4 Å². The summed E-state index contributed by atoms with van der Waals surface area (Å²) in [7, 11) is 0. The van der Waals surface area contributed by atoms with Crippen LogP contribution in [0.15, 0.2) is 176 Å². The minimum atomic E-state index is -0.152. The van der Waals surface area contributed by atoms with Crippen LogP contribution in [0.4, 0.5) is 17.1 Å². The largest absolute Gasteiger partial charge is 0.310 e. The Morgan fingerprint density at radius 1 is 0.375 bits per heavy atom. The molecule has 0 saturated carbocycles. The molecule has 0 spiro atoms. The third kappa shape index (κ3) is 4.54. The highest BCUT2D eigenvalue weighted by Crippen LogP contribution is 2.53. The molecule has 48 heavy (non-hydrogen) atoms. The van der Waals surface area contributed by atoms with E-state index in [4.69, 9.17) is 0 Å². The van der Waals surface area contributed by atoms with Crippen molar-refractivity contribution in [3.05, 3.63) is 187 Å². The Bertz CT molecular complexity index is 2460. The quantitative estimate of drug-likeness (QED) is 0.187. The molecule has 228 valence electrons. The minimum Gasteiger partial charge on any atom is -0.310 e.